The number of benzene rings is 2. The van der Waals surface area contributed by atoms with Crippen molar-refractivity contribution in [2.45, 2.75) is 25.4 Å². The molecule has 0 aliphatic carbocycles. The van der Waals surface area contributed by atoms with Gasteiger partial charge in [-0.2, -0.15) is 0 Å². The van der Waals surface area contributed by atoms with Crippen LogP contribution in [0.5, 0.6) is 0 Å². The minimum atomic E-state index is -0.427. The van der Waals surface area contributed by atoms with Crippen LogP contribution < -0.4 is 5.73 Å². The van der Waals surface area contributed by atoms with Crippen molar-refractivity contribution in [2.24, 2.45) is 11.7 Å². The summed E-state index contributed by atoms with van der Waals surface area (Å²) in [5, 5.41) is 2.41. The van der Waals surface area contributed by atoms with Crippen molar-refractivity contribution < 1.29 is 9.53 Å². The molecule has 2 N–H and O–H groups in total. The van der Waals surface area contributed by atoms with Crippen molar-refractivity contribution in [2.75, 3.05) is 20.3 Å². The zero-order chi connectivity index (χ0) is 16.2. The topological polar surface area (TPSA) is 55.6 Å². The molecule has 1 unspecified atom stereocenters. The predicted molar refractivity (Wildman–Crippen MR) is 99.2 cm³/mol. The number of hydrogen-bond acceptors (Lipinski definition) is 3. The average molecular weight is 349 g/mol. The largest absolute Gasteiger partial charge is 0.381 e. The fourth-order valence-electron chi connectivity index (χ4n) is 3.22. The van der Waals surface area contributed by atoms with Gasteiger partial charge in [0.25, 0.3) is 0 Å². The van der Waals surface area contributed by atoms with E-state index in [1.807, 2.05) is 19.2 Å². The average Bonchev–Trinajstić information content (AvgIpc) is 2.61. The van der Waals surface area contributed by atoms with Crippen LogP contribution in [0.1, 0.15) is 18.4 Å². The number of halogens is 1. The van der Waals surface area contributed by atoms with Crippen LogP contribution in [0.2, 0.25) is 0 Å². The first-order valence-electron chi connectivity index (χ1n) is 8.21. The summed E-state index contributed by atoms with van der Waals surface area (Å²) in [4.78, 5) is 14.3. The highest BCUT2D eigenvalue weighted by molar-refractivity contribution is 5.85. The smallest absolute Gasteiger partial charge is 0.239 e. The molecule has 5 heteroatoms. The number of carbonyl (C=O) groups is 1. The lowest BCUT2D eigenvalue weighted by atomic mass is 9.91. The van der Waals surface area contributed by atoms with Gasteiger partial charge in [-0.05, 0) is 41.2 Å². The Morgan fingerprint density at radius 2 is 1.88 bits per heavy atom. The van der Waals surface area contributed by atoms with Gasteiger partial charge in [0.1, 0.15) is 0 Å². The van der Waals surface area contributed by atoms with Crippen LogP contribution in [-0.4, -0.2) is 37.1 Å². The quantitative estimate of drug-likeness (QED) is 0.924. The maximum absolute atomic E-state index is 12.6. The SMILES string of the molecule is CN(Cc1ccc2ccccc2c1)C(=O)C(N)C1CCOCC1.Cl. The number of likely N-dealkylation sites (N-methyl/N-ethyl adjacent to an activating group) is 1. The van der Waals surface area contributed by atoms with Gasteiger partial charge in [-0.1, -0.05) is 36.4 Å². The highest BCUT2D eigenvalue weighted by Gasteiger charge is 2.28. The molecular formula is C19H25ClN2O2. The lowest BCUT2D eigenvalue weighted by molar-refractivity contribution is -0.133. The molecule has 1 aliphatic heterocycles. The molecule has 2 aromatic carbocycles. The van der Waals surface area contributed by atoms with E-state index < -0.39 is 6.04 Å². The first-order valence-corrected chi connectivity index (χ1v) is 8.21. The van der Waals surface area contributed by atoms with Gasteiger partial charge >= 0.3 is 0 Å². The zero-order valence-electron chi connectivity index (χ0n) is 14.0. The fourth-order valence-corrected chi connectivity index (χ4v) is 3.22. The molecule has 0 saturated carbocycles. The number of hydrogen-bond donors (Lipinski definition) is 1. The Bertz CT molecular complexity index is 686. The second kappa shape index (κ2) is 8.47. The van der Waals surface area contributed by atoms with Crippen LogP contribution in [0.3, 0.4) is 0 Å². The Labute approximate surface area is 149 Å². The number of nitrogens with zero attached hydrogens (tertiary/aromatic N) is 1. The van der Waals surface area contributed by atoms with Crippen LogP contribution in [0.15, 0.2) is 42.5 Å². The van der Waals surface area contributed by atoms with E-state index in [1.54, 1.807) is 4.90 Å². The molecule has 1 aliphatic rings. The maximum atomic E-state index is 12.6. The summed E-state index contributed by atoms with van der Waals surface area (Å²) in [5.74, 6) is 0.250. The minimum absolute atomic E-state index is 0. The summed E-state index contributed by atoms with van der Waals surface area (Å²) in [7, 11) is 1.83. The fraction of sp³-hybridized carbons (Fsp3) is 0.421. The zero-order valence-corrected chi connectivity index (χ0v) is 14.8. The third-order valence-corrected chi connectivity index (χ3v) is 4.67. The molecule has 130 valence electrons. The summed E-state index contributed by atoms with van der Waals surface area (Å²) in [6.45, 7) is 2.00. The van der Waals surface area contributed by atoms with Gasteiger partial charge in [0.15, 0.2) is 0 Å². The Kier molecular flexibility index (Phi) is 6.60. The molecule has 0 spiro atoms. The number of nitrogens with two attached hydrogens (primary N) is 1. The number of ether oxygens (including phenoxy) is 1. The highest BCUT2D eigenvalue weighted by Crippen LogP contribution is 2.20. The predicted octanol–water partition coefficient (Wildman–Crippen LogP) is 2.97. The minimum Gasteiger partial charge on any atom is -0.381 e. The van der Waals surface area contributed by atoms with E-state index in [-0.39, 0.29) is 24.2 Å². The van der Waals surface area contributed by atoms with E-state index in [1.165, 1.54) is 10.8 Å². The molecule has 1 saturated heterocycles. The van der Waals surface area contributed by atoms with Gasteiger partial charge in [0.2, 0.25) is 5.91 Å². The van der Waals surface area contributed by atoms with Crippen molar-refractivity contribution >= 4 is 29.1 Å². The van der Waals surface area contributed by atoms with Gasteiger partial charge in [-0.3, -0.25) is 4.79 Å². The number of fused-ring (bicyclic) bond motifs is 1. The van der Waals surface area contributed by atoms with Crippen LogP contribution in [0.4, 0.5) is 0 Å². The Hall–Kier alpha value is -1.62. The molecular weight excluding hydrogens is 324 g/mol. The van der Waals surface area contributed by atoms with E-state index in [4.69, 9.17) is 10.5 Å². The van der Waals surface area contributed by atoms with Crippen LogP contribution in [0.25, 0.3) is 10.8 Å². The van der Waals surface area contributed by atoms with E-state index >= 15 is 0 Å². The Balaban J connectivity index is 0.00000208. The van der Waals surface area contributed by atoms with Gasteiger partial charge in [0, 0.05) is 26.8 Å². The molecule has 0 bridgehead atoms. The molecule has 2 aromatic rings. The molecule has 1 fully saturated rings. The molecule has 1 amide bonds. The van der Waals surface area contributed by atoms with Gasteiger partial charge < -0.3 is 15.4 Å². The van der Waals surface area contributed by atoms with E-state index in [0.29, 0.717) is 19.8 Å². The van der Waals surface area contributed by atoms with Crippen molar-refractivity contribution in [3.05, 3.63) is 48.0 Å². The van der Waals surface area contributed by atoms with Crippen LogP contribution >= 0.6 is 12.4 Å². The van der Waals surface area contributed by atoms with E-state index in [0.717, 1.165) is 18.4 Å². The lowest BCUT2D eigenvalue weighted by Crippen LogP contribution is -2.47. The summed E-state index contributed by atoms with van der Waals surface area (Å²) in [6, 6.07) is 14.1. The molecule has 3 rings (SSSR count). The summed E-state index contributed by atoms with van der Waals surface area (Å²) >= 11 is 0. The first-order chi connectivity index (χ1) is 11.1. The summed E-state index contributed by atoms with van der Waals surface area (Å²) in [5.41, 5.74) is 7.31. The number of rotatable bonds is 4. The Morgan fingerprint density at radius 3 is 2.58 bits per heavy atom. The van der Waals surface area contributed by atoms with Gasteiger partial charge in [-0.25, -0.2) is 0 Å². The number of carbonyl (C=O) groups excluding carboxylic acids is 1. The van der Waals surface area contributed by atoms with Gasteiger partial charge in [-0.15, -0.1) is 12.4 Å². The summed E-state index contributed by atoms with van der Waals surface area (Å²) < 4.78 is 5.35. The lowest BCUT2D eigenvalue weighted by Gasteiger charge is -2.29. The Morgan fingerprint density at radius 1 is 1.21 bits per heavy atom. The standard InChI is InChI=1S/C19H24N2O2.ClH/c1-21(19(22)18(20)16-8-10-23-11-9-16)13-14-6-7-15-4-2-3-5-17(15)12-14;/h2-7,12,16,18H,8-11,13,20H2,1H3;1H. The third kappa shape index (κ3) is 4.26. The molecule has 0 aromatic heterocycles. The van der Waals surface area contributed by atoms with E-state index in [9.17, 15) is 4.79 Å². The maximum Gasteiger partial charge on any atom is 0.239 e. The van der Waals surface area contributed by atoms with E-state index in [2.05, 4.69) is 30.3 Å². The monoisotopic (exact) mass is 348 g/mol. The normalized spacial score (nSPS) is 16.4. The van der Waals surface area contributed by atoms with Crippen molar-refractivity contribution in [1.29, 1.82) is 0 Å². The number of amides is 1. The van der Waals surface area contributed by atoms with Crippen molar-refractivity contribution in [1.82, 2.24) is 4.90 Å². The molecule has 1 heterocycles. The molecule has 4 nitrogen and oxygen atoms in total. The van der Waals surface area contributed by atoms with Crippen LogP contribution in [-0.2, 0) is 16.1 Å². The van der Waals surface area contributed by atoms with Crippen molar-refractivity contribution in [3.8, 4) is 0 Å². The third-order valence-electron chi connectivity index (χ3n) is 4.67. The van der Waals surface area contributed by atoms with Gasteiger partial charge in [0.05, 0.1) is 6.04 Å². The highest BCUT2D eigenvalue weighted by atomic mass is 35.5. The molecule has 1 atom stereocenters. The van der Waals surface area contributed by atoms with Crippen LogP contribution in [0, 0.1) is 5.92 Å². The summed E-state index contributed by atoms with van der Waals surface area (Å²) in [6.07, 6.45) is 1.74. The first kappa shape index (κ1) is 18.7. The molecule has 0 radical (unpaired) electrons. The second-order valence-corrected chi connectivity index (χ2v) is 6.35. The molecule has 24 heavy (non-hydrogen) atoms. The second-order valence-electron chi connectivity index (χ2n) is 6.35. The van der Waals surface area contributed by atoms with Crippen molar-refractivity contribution in [3.63, 3.8) is 0 Å².